The Hall–Kier alpha value is -2.13. The summed E-state index contributed by atoms with van der Waals surface area (Å²) in [6, 6.07) is 17.7. The molecule has 0 bridgehead atoms. The molecule has 3 nitrogen and oxygen atoms in total. The maximum atomic E-state index is 12.5. The fourth-order valence-corrected chi connectivity index (χ4v) is 2.88. The normalized spacial score (nSPS) is 10.8. The zero-order valence-corrected chi connectivity index (χ0v) is 15.0. The van der Waals surface area contributed by atoms with Crippen LogP contribution in [0, 0.1) is 0 Å². The van der Waals surface area contributed by atoms with Gasteiger partial charge in [-0.15, -0.1) is 0 Å². The second kappa shape index (κ2) is 9.24. The van der Waals surface area contributed by atoms with Crippen LogP contribution in [0.3, 0.4) is 0 Å². The topological polar surface area (TPSA) is 23.6 Å². The van der Waals surface area contributed by atoms with Crippen LogP contribution in [-0.2, 0) is 6.54 Å². The predicted octanol–water partition coefficient (Wildman–Crippen LogP) is 4.59. The largest absolute Gasteiger partial charge is 0.311 e. The van der Waals surface area contributed by atoms with E-state index in [-0.39, 0.29) is 5.91 Å². The first-order chi connectivity index (χ1) is 11.7. The Morgan fingerprint density at radius 3 is 2.00 bits per heavy atom. The van der Waals surface area contributed by atoms with Crippen LogP contribution in [0.5, 0.6) is 0 Å². The van der Waals surface area contributed by atoms with Gasteiger partial charge in [0.1, 0.15) is 0 Å². The molecule has 0 heterocycles. The molecule has 0 fully saturated rings. The molecule has 0 saturated heterocycles. The summed E-state index contributed by atoms with van der Waals surface area (Å²) in [6.45, 7) is 7.66. The molecule has 2 rings (SSSR count). The van der Waals surface area contributed by atoms with Crippen LogP contribution >= 0.6 is 0 Å². The molecule has 0 N–H and O–H groups in total. The van der Waals surface area contributed by atoms with Gasteiger partial charge in [0.05, 0.1) is 0 Å². The van der Waals surface area contributed by atoms with Crippen LogP contribution in [0.4, 0.5) is 5.69 Å². The lowest BCUT2D eigenvalue weighted by molar-refractivity contribution is 0.0993. The van der Waals surface area contributed by atoms with Gasteiger partial charge in [-0.2, -0.15) is 0 Å². The van der Waals surface area contributed by atoms with Crippen LogP contribution in [0.25, 0.3) is 0 Å². The number of nitrogens with zero attached hydrogens (tertiary/aromatic N) is 2. The minimum atomic E-state index is 0.0157. The lowest BCUT2D eigenvalue weighted by atomic mass is 10.1. The van der Waals surface area contributed by atoms with Gasteiger partial charge in [-0.05, 0) is 55.8 Å². The van der Waals surface area contributed by atoms with E-state index in [1.54, 1.807) is 4.90 Å². The van der Waals surface area contributed by atoms with E-state index in [0.29, 0.717) is 5.56 Å². The lowest BCUT2D eigenvalue weighted by Crippen LogP contribution is -2.26. The first kappa shape index (κ1) is 18.2. The third-order valence-electron chi connectivity index (χ3n) is 4.13. The van der Waals surface area contributed by atoms with Crippen LogP contribution in [-0.4, -0.2) is 30.9 Å². The predicted molar refractivity (Wildman–Crippen MR) is 101 cm³/mol. The second-order valence-electron chi connectivity index (χ2n) is 6.17. The van der Waals surface area contributed by atoms with Gasteiger partial charge in [-0.25, -0.2) is 0 Å². The molecule has 3 heteroatoms. The number of hydrogen-bond acceptors (Lipinski definition) is 2. The summed E-state index contributed by atoms with van der Waals surface area (Å²) in [5, 5.41) is 0. The Labute approximate surface area is 145 Å². The summed E-state index contributed by atoms with van der Waals surface area (Å²) in [7, 11) is 1.82. The van der Waals surface area contributed by atoms with E-state index in [9.17, 15) is 4.79 Å². The fraction of sp³-hybridized carbons (Fsp3) is 0.381. The highest BCUT2D eigenvalue weighted by atomic mass is 16.2. The summed E-state index contributed by atoms with van der Waals surface area (Å²) in [5.74, 6) is 0.0157. The van der Waals surface area contributed by atoms with Gasteiger partial charge in [0, 0.05) is 24.8 Å². The number of rotatable bonds is 8. The second-order valence-corrected chi connectivity index (χ2v) is 6.17. The van der Waals surface area contributed by atoms with Gasteiger partial charge in [0.25, 0.3) is 5.91 Å². The van der Waals surface area contributed by atoms with Crippen LogP contribution in [0.2, 0.25) is 0 Å². The maximum Gasteiger partial charge on any atom is 0.258 e. The van der Waals surface area contributed by atoms with Crippen LogP contribution in [0.15, 0.2) is 54.6 Å². The van der Waals surface area contributed by atoms with Crippen molar-refractivity contribution in [1.82, 2.24) is 4.90 Å². The summed E-state index contributed by atoms with van der Waals surface area (Å²) < 4.78 is 0. The van der Waals surface area contributed by atoms with E-state index in [4.69, 9.17) is 0 Å². The van der Waals surface area contributed by atoms with E-state index in [1.807, 2.05) is 49.5 Å². The molecule has 0 aromatic heterocycles. The van der Waals surface area contributed by atoms with Gasteiger partial charge >= 0.3 is 0 Å². The molecule has 1 amide bonds. The monoisotopic (exact) mass is 324 g/mol. The highest BCUT2D eigenvalue weighted by Crippen LogP contribution is 2.17. The maximum absolute atomic E-state index is 12.5. The van der Waals surface area contributed by atoms with Crippen molar-refractivity contribution in [2.45, 2.75) is 33.2 Å². The molecule has 2 aromatic carbocycles. The number of carbonyl (C=O) groups is 1. The fourth-order valence-electron chi connectivity index (χ4n) is 2.88. The van der Waals surface area contributed by atoms with Crippen molar-refractivity contribution < 1.29 is 4.79 Å². The molecule has 0 atom stereocenters. The first-order valence-corrected chi connectivity index (χ1v) is 8.80. The number of amides is 1. The smallest absolute Gasteiger partial charge is 0.258 e. The Balaban J connectivity index is 2.04. The van der Waals surface area contributed by atoms with Crippen molar-refractivity contribution in [3.05, 3.63) is 65.7 Å². The van der Waals surface area contributed by atoms with E-state index >= 15 is 0 Å². The highest BCUT2D eigenvalue weighted by molar-refractivity contribution is 6.05. The molecule has 0 aliphatic carbocycles. The third kappa shape index (κ3) is 4.93. The number of hydrogen-bond donors (Lipinski definition) is 0. The molecule has 0 unspecified atom stereocenters. The molecule has 0 aliphatic heterocycles. The molecule has 0 aliphatic rings. The summed E-state index contributed by atoms with van der Waals surface area (Å²) >= 11 is 0. The Morgan fingerprint density at radius 2 is 1.46 bits per heavy atom. The minimum absolute atomic E-state index is 0.0157. The van der Waals surface area contributed by atoms with Crippen LogP contribution in [0.1, 0.15) is 42.6 Å². The molecule has 0 saturated carbocycles. The first-order valence-electron chi connectivity index (χ1n) is 8.80. The molecule has 128 valence electrons. The SMILES string of the molecule is CCCN(CCC)Cc1ccc(N(C)C(=O)c2ccccc2)cc1. The lowest BCUT2D eigenvalue weighted by Gasteiger charge is -2.22. The van der Waals surface area contributed by atoms with E-state index in [2.05, 4.69) is 30.9 Å². The van der Waals surface area contributed by atoms with E-state index in [1.165, 1.54) is 18.4 Å². The van der Waals surface area contributed by atoms with Crippen molar-refractivity contribution in [3.63, 3.8) is 0 Å². The van der Waals surface area contributed by atoms with Gasteiger partial charge in [-0.3, -0.25) is 9.69 Å². The minimum Gasteiger partial charge on any atom is -0.311 e. The zero-order valence-electron chi connectivity index (χ0n) is 15.0. The summed E-state index contributed by atoms with van der Waals surface area (Å²) in [6.07, 6.45) is 2.35. The Bertz CT molecular complexity index is 616. The van der Waals surface area contributed by atoms with Gasteiger partial charge in [0.15, 0.2) is 0 Å². The molecule has 0 radical (unpaired) electrons. The Kier molecular flexibility index (Phi) is 7.01. The average molecular weight is 324 g/mol. The van der Waals surface area contributed by atoms with Gasteiger partial charge in [-0.1, -0.05) is 44.2 Å². The third-order valence-corrected chi connectivity index (χ3v) is 4.13. The Morgan fingerprint density at radius 1 is 0.875 bits per heavy atom. The van der Waals surface area contributed by atoms with Crippen molar-refractivity contribution in [3.8, 4) is 0 Å². The van der Waals surface area contributed by atoms with Gasteiger partial charge in [0.2, 0.25) is 0 Å². The average Bonchev–Trinajstić information content (AvgIpc) is 2.62. The van der Waals surface area contributed by atoms with Crippen molar-refractivity contribution in [2.24, 2.45) is 0 Å². The molecule has 24 heavy (non-hydrogen) atoms. The number of carbonyl (C=O) groups excluding carboxylic acids is 1. The van der Waals surface area contributed by atoms with Gasteiger partial charge < -0.3 is 4.90 Å². The standard InChI is InChI=1S/C21H28N2O/c1-4-15-23(16-5-2)17-18-11-13-20(14-12-18)22(3)21(24)19-9-7-6-8-10-19/h6-14H,4-5,15-17H2,1-3H3. The van der Waals surface area contributed by atoms with E-state index in [0.717, 1.165) is 25.3 Å². The summed E-state index contributed by atoms with van der Waals surface area (Å²) in [4.78, 5) is 16.7. The van der Waals surface area contributed by atoms with Crippen molar-refractivity contribution >= 4 is 11.6 Å². The highest BCUT2D eigenvalue weighted by Gasteiger charge is 2.13. The molecular formula is C21H28N2O. The van der Waals surface area contributed by atoms with Crippen molar-refractivity contribution in [1.29, 1.82) is 0 Å². The molecule has 0 spiro atoms. The quantitative estimate of drug-likeness (QED) is 0.709. The summed E-state index contributed by atoms with van der Waals surface area (Å²) in [5.41, 5.74) is 2.92. The zero-order chi connectivity index (χ0) is 17.4. The number of anilines is 1. The molecular weight excluding hydrogens is 296 g/mol. The van der Waals surface area contributed by atoms with Crippen molar-refractivity contribution in [2.75, 3.05) is 25.0 Å². The number of benzene rings is 2. The van der Waals surface area contributed by atoms with E-state index < -0.39 is 0 Å². The molecule has 2 aromatic rings. The van der Waals surface area contributed by atoms with Crippen LogP contribution < -0.4 is 4.90 Å².